The second-order valence-corrected chi connectivity index (χ2v) is 4.30. The summed E-state index contributed by atoms with van der Waals surface area (Å²) in [5.74, 6) is 5.40. The maximum absolute atomic E-state index is 11.6. The molecule has 0 bridgehead atoms. The third-order valence-corrected chi connectivity index (χ3v) is 2.07. The van der Waals surface area contributed by atoms with Crippen LogP contribution in [-0.4, -0.2) is 23.8 Å². The highest BCUT2D eigenvalue weighted by Gasteiger charge is 2.04. The fourth-order valence-corrected chi connectivity index (χ4v) is 1.50. The summed E-state index contributed by atoms with van der Waals surface area (Å²) >= 11 is 0. The van der Waals surface area contributed by atoms with E-state index in [0.717, 1.165) is 11.1 Å². The molecule has 0 radical (unpaired) electrons. The van der Waals surface area contributed by atoms with Crippen LogP contribution < -0.4 is 10.6 Å². The van der Waals surface area contributed by atoms with E-state index in [1.165, 1.54) is 0 Å². The molecule has 0 spiro atoms. The summed E-state index contributed by atoms with van der Waals surface area (Å²) in [5, 5.41) is 14.2. The minimum Gasteiger partial charge on any atom is -0.384 e. The average Bonchev–Trinajstić information content (AvgIpc) is 2.24. The van der Waals surface area contributed by atoms with Gasteiger partial charge in [-0.3, -0.25) is 0 Å². The van der Waals surface area contributed by atoms with Gasteiger partial charge < -0.3 is 15.7 Å². The van der Waals surface area contributed by atoms with Gasteiger partial charge in [-0.05, 0) is 44.5 Å². The van der Waals surface area contributed by atoms with Crippen LogP contribution in [0.5, 0.6) is 0 Å². The molecule has 1 aromatic carbocycles. The van der Waals surface area contributed by atoms with Gasteiger partial charge in [-0.15, -0.1) is 0 Å². The lowest BCUT2D eigenvalue weighted by atomic mass is 10.1. The van der Waals surface area contributed by atoms with E-state index in [4.69, 9.17) is 5.11 Å². The van der Waals surface area contributed by atoms with Crippen molar-refractivity contribution in [1.82, 2.24) is 5.32 Å². The summed E-state index contributed by atoms with van der Waals surface area (Å²) in [5.41, 5.74) is 2.46. The number of anilines is 1. The van der Waals surface area contributed by atoms with Crippen molar-refractivity contribution in [3.05, 3.63) is 29.3 Å². The molecule has 0 aromatic heterocycles. The van der Waals surface area contributed by atoms with Gasteiger partial charge in [0.05, 0.1) is 0 Å². The van der Waals surface area contributed by atoms with Crippen LogP contribution in [0.2, 0.25) is 0 Å². The van der Waals surface area contributed by atoms with Gasteiger partial charge in [-0.2, -0.15) is 0 Å². The Bertz CT molecular complexity index is 484. The van der Waals surface area contributed by atoms with E-state index >= 15 is 0 Å². The molecular formula is C14H18N2O2. The molecule has 18 heavy (non-hydrogen) atoms. The molecular weight excluding hydrogens is 228 g/mol. The molecule has 0 aliphatic rings. The minimum atomic E-state index is -0.239. The van der Waals surface area contributed by atoms with Crippen LogP contribution in [0, 0.1) is 18.8 Å². The quantitative estimate of drug-likeness (QED) is 0.698. The van der Waals surface area contributed by atoms with E-state index in [-0.39, 0.29) is 18.7 Å². The van der Waals surface area contributed by atoms with Gasteiger partial charge >= 0.3 is 6.03 Å². The van der Waals surface area contributed by atoms with E-state index < -0.39 is 0 Å². The SMILES string of the molecule is Cc1cc(C#CCO)cc(NC(=O)NC(C)C)c1. The van der Waals surface area contributed by atoms with Gasteiger partial charge in [0.2, 0.25) is 0 Å². The number of hydrogen-bond donors (Lipinski definition) is 3. The van der Waals surface area contributed by atoms with Crippen molar-refractivity contribution in [3.8, 4) is 11.8 Å². The first-order chi connectivity index (χ1) is 8.51. The number of carbonyl (C=O) groups excluding carboxylic acids is 1. The smallest absolute Gasteiger partial charge is 0.319 e. The molecule has 1 rings (SSSR count). The number of rotatable bonds is 2. The van der Waals surface area contributed by atoms with Gasteiger partial charge in [-0.25, -0.2) is 4.79 Å². The summed E-state index contributed by atoms with van der Waals surface area (Å²) in [7, 11) is 0. The first-order valence-corrected chi connectivity index (χ1v) is 5.80. The Kier molecular flexibility index (Phi) is 5.22. The molecule has 0 fully saturated rings. The summed E-state index contributed by atoms with van der Waals surface area (Å²) in [6.07, 6.45) is 0. The van der Waals surface area contributed by atoms with Crippen LogP contribution in [0.3, 0.4) is 0 Å². The van der Waals surface area contributed by atoms with Gasteiger partial charge in [-0.1, -0.05) is 11.8 Å². The van der Waals surface area contributed by atoms with E-state index in [9.17, 15) is 4.79 Å². The third-order valence-electron chi connectivity index (χ3n) is 2.07. The molecule has 0 aliphatic carbocycles. The Labute approximate surface area is 107 Å². The lowest BCUT2D eigenvalue weighted by molar-refractivity contribution is 0.250. The number of aliphatic hydroxyl groups is 1. The number of benzene rings is 1. The first kappa shape index (κ1) is 14.1. The molecule has 0 unspecified atom stereocenters. The maximum atomic E-state index is 11.6. The van der Waals surface area contributed by atoms with Crippen LogP contribution in [-0.2, 0) is 0 Å². The molecule has 0 atom stereocenters. The lowest BCUT2D eigenvalue weighted by Crippen LogP contribution is -2.34. The van der Waals surface area contributed by atoms with E-state index in [1.807, 2.05) is 32.9 Å². The van der Waals surface area contributed by atoms with Crippen molar-refractivity contribution >= 4 is 11.7 Å². The van der Waals surface area contributed by atoms with Gasteiger partial charge in [0.15, 0.2) is 0 Å². The largest absolute Gasteiger partial charge is 0.384 e. The predicted octanol–water partition coefficient (Wildman–Crippen LogP) is 1.87. The van der Waals surface area contributed by atoms with Crippen LogP contribution in [0.4, 0.5) is 10.5 Å². The number of amides is 2. The Morgan fingerprint density at radius 3 is 2.72 bits per heavy atom. The zero-order chi connectivity index (χ0) is 13.5. The molecule has 4 nitrogen and oxygen atoms in total. The van der Waals surface area contributed by atoms with E-state index in [0.29, 0.717) is 5.69 Å². The highest BCUT2D eigenvalue weighted by atomic mass is 16.2. The molecule has 2 amide bonds. The van der Waals surface area contributed by atoms with Crippen LogP contribution in [0.1, 0.15) is 25.0 Å². The normalized spacial score (nSPS) is 9.61. The molecule has 0 aliphatic heterocycles. The summed E-state index contributed by atoms with van der Waals surface area (Å²) in [6.45, 7) is 5.54. The molecule has 0 saturated heterocycles. The minimum absolute atomic E-state index is 0.0865. The second-order valence-electron chi connectivity index (χ2n) is 4.30. The summed E-state index contributed by atoms with van der Waals surface area (Å²) < 4.78 is 0. The van der Waals surface area contributed by atoms with Crippen molar-refractivity contribution in [3.63, 3.8) is 0 Å². The van der Waals surface area contributed by atoms with Crippen LogP contribution in [0.25, 0.3) is 0 Å². The lowest BCUT2D eigenvalue weighted by Gasteiger charge is -2.11. The number of aliphatic hydroxyl groups excluding tert-OH is 1. The topological polar surface area (TPSA) is 61.4 Å². The maximum Gasteiger partial charge on any atom is 0.319 e. The summed E-state index contributed by atoms with van der Waals surface area (Å²) in [6, 6.07) is 5.38. The van der Waals surface area contributed by atoms with Crippen molar-refractivity contribution in [2.45, 2.75) is 26.8 Å². The Morgan fingerprint density at radius 1 is 1.39 bits per heavy atom. The number of hydrogen-bond acceptors (Lipinski definition) is 2. The van der Waals surface area contributed by atoms with Crippen molar-refractivity contribution < 1.29 is 9.90 Å². The van der Waals surface area contributed by atoms with Crippen LogP contribution >= 0.6 is 0 Å². The fourth-order valence-electron chi connectivity index (χ4n) is 1.50. The van der Waals surface area contributed by atoms with E-state index in [2.05, 4.69) is 22.5 Å². The number of urea groups is 1. The van der Waals surface area contributed by atoms with Crippen LogP contribution in [0.15, 0.2) is 18.2 Å². The van der Waals surface area contributed by atoms with Gasteiger partial charge in [0.1, 0.15) is 6.61 Å². The van der Waals surface area contributed by atoms with Crippen molar-refractivity contribution in [2.75, 3.05) is 11.9 Å². The van der Waals surface area contributed by atoms with Gasteiger partial charge in [0.25, 0.3) is 0 Å². The monoisotopic (exact) mass is 246 g/mol. The number of aryl methyl sites for hydroxylation is 1. The zero-order valence-electron chi connectivity index (χ0n) is 10.9. The Balaban J connectivity index is 2.83. The third kappa shape index (κ3) is 4.89. The first-order valence-electron chi connectivity index (χ1n) is 5.80. The summed E-state index contributed by atoms with van der Waals surface area (Å²) in [4.78, 5) is 11.6. The molecule has 0 heterocycles. The highest BCUT2D eigenvalue weighted by molar-refractivity contribution is 5.89. The molecule has 4 heteroatoms. The molecule has 0 saturated carbocycles. The Morgan fingerprint density at radius 2 is 2.11 bits per heavy atom. The molecule has 3 N–H and O–H groups in total. The zero-order valence-corrected chi connectivity index (χ0v) is 10.9. The fraction of sp³-hybridized carbons (Fsp3) is 0.357. The highest BCUT2D eigenvalue weighted by Crippen LogP contribution is 2.13. The average molecular weight is 246 g/mol. The molecule has 96 valence electrons. The van der Waals surface area contributed by atoms with Gasteiger partial charge in [0, 0.05) is 17.3 Å². The second kappa shape index (κ2) is 6.67. The van der Waals surface area contributed by atoms with Crippen molar-refractivity contribution in [2.24, 2.45) is 0 Å². The van der Waals surface area contributed by atoms with E-state index in [1.54, 1.807) is 6.07 Å². The number of carbonyl (C=O) groups is 1. The van der Waals surface area contributed by atoms with Crippen molar-refractivity contribution in [1.29, 1.82) is 0 Å². The Hall–Kier alpha value is -1.99. The standard InChI is InChI=1S/C14H18N2O2/c1-10(2)15-14(18)16-13-8-11(3)7-12(9-13)5-4-6-17/h7-10,17H,6H2,1-3H3,(H2,15,16,18). The predicted molar refractivity (Wildman–Crippen MR) is 72.4 cm³/mol. The number of nitrogens with one attached hydrogen (secondary N) is 2. The molecule has 1 aromatic rings.